The number of halogens is 1. The number of nitrogens with zero attached hydrogens (tertiary/aromatic N) is 3. The van der Waals surface area contributed by atoms with E-state index in [1.165, 1.54) is 17.0 Å². The highest BCUT2D eigenvalue weighted by Crippen LogP contribution is 2.36. The second-order valence-corrected chi connectivity index (χ2v) is 11.2. The zero-order valence-corrected chi connectivity index (χ0v) is 21.8. The lowest BCUT2D eigenvalue weighted by Crippen LogP contribution is -2.36. The molecule has 4 heterocycles. The summed E-state index contributed by atoms with van der Waals surface area (Å²) < 4.78 is 27.0. The van der Waals surface area contributed by atoms with Gasteiger partial charge in [0.05, 0.1) is 18.4 Å². The van der Waals surface area contributed by atoms with Crippen molar-refractivity contribution in [3.05, 3.63) is 87.2 Å². The van der Waals surface area contributed by atoms with Gasteiger partial charge in [0.25, 0.3) is 5.56 Å². The number of aryl methyl sites for hydroxylation is 1. The Balaban J connectivity index is 1.39. The van der Waals surface area contributed by atoms with Crippen LogP contribution in [0.25, 0.3) is 15.8 Å². The van der Waals surface area contributed by atoms with Gasteiger partial charge in [-0.1, -0.05) is 0 Å². The lowest BCUT2D eigenvalue weighted by atomic mass is 10.1. The summed E-state index contributed by atoms with van der Waals surface area (Å²) in [5.41, 5.74) is 1.63. The number of benzene rings is 1. The van der Waals surface area contributed by atoms with E-state index < -0.39 is 11.4 Å². The smallest absolute Gasteiger partial charge is 0.410 e. The number of fused-ring (bicyclic) bond motifs is 3. The second-order valence-electron chi connectivity index (χ2n) is 10.0. The maximum absolute atomic E-state index is 13.0. The third-order valence-corrected chi connectivity index (χ3v) is 7.31. The number of carbonyl (C=O) groups excluding carboxylic acids is 1. The van der Waals surface area contributed by atoms with E-state index >= 15 is 0 Å². The fourth-order valence-corrected chi connectivity index (χ4v) is 5.55. The van der Waals surface area contributed by atoms with Crippen LogP contribution in [0, 0.1) is 5.82 Å². The Hall–Kier alpha value is -3.72. The highest BCUT2D eigenvalue weighted by Gasteiger charge is 2.26. The zero-order valence-electron chi connectivity index (χ0n) is 21.0. The summed E-state index contributed by atoms with van der Waals surface area (Å²) in [7, 11) is 0. The Labute approximate surface area is 218 Å². The van der Waals surface area contributed by atoms with Gasteiger partial charge in [0, 0.05) is 34.1 Å². The number of rotatable bonds is 4. The first kappa shape index (κ1) is 25.0. The van der Waals surface area contributed by atoms with Gasteiger partial charge in [-0.05, 0) is 81.0 Å². The Morgan fingerprint density at radius 2 is 2.00 bits per heavy atom. The second kappa shape index (κ2) is 9.97. The fraction of sp³-hybridized carbons (Fsp3) is 0.321. The Morgan fingerprint density at radius 1 is 1.16 bits per heavy atom. The zero-order chi connectivity index (χ0) is 26.2. The number of ether oxygens (including phenoxy) is 2. The van der Waals surface area contributed by atoms with E-state index in [9.17, 15) is 14.0 Å². The van der Waals surface area contributed by atoms with Crippen LogP contribution in [-0.4, -0.2) is 32.7 Å². The molecule has 1 aliphatic rings. The van der Waals surface area contributed by atoms with Crippen molar-refractivity contribution in [2.45, 2.75) is 52.4 Å². The molecule has 192 valence electrons. The van der Waals surface area contributed by atoms with Crippen LogP contribution in [0.2, 0.25) is 0 Å². The summed E-state index contributed by atoms with van der Waals surface area (Å²) in [6, 6.07) is 12.0. The van der Waals surface area contributed by atoms with Gasteiger partial charge in [0.1, 0.15) is 23.8 Å². The monoisotopic (exact) mass is 521 g/mol. The largest absolute Gasteiger partial charge is 0.487 e. The SMILES string of the molecule is CC(C)(C)OC(=O)N1CCCc2sc3ccc(-n4ccc(OCc5ccc(F)cn5)cc4=O)cc3c2C1. The average Bonchev–Trinajstić information content (AvgIpc) is 3.04. The lowest BCUT2D eigenvalue weighted by molar-refractivity contribution is 0.0237. The number of thiophene rings is 1. The maximum atomic E-state index is 13.0. The van der Waals surface area contributed by atoms with Crippen LogP contribution in [0.15, 0.2) is 59.7 Å². The summed E-state index contributed by atoms with van der Waals surface area (Å²) >= 11 is 1.74. The molecular formula is C28H28FN3O4S. The number of aromatic nitrogens is 2. The minimum atomic E-state index is -0.553. The number of amides is 1. The van der Waals surface area contributed by atoms with E-state index in [1.54, 1.807) is 39.1 Å². The summed E-state index contributed by atoms with van der Waals surface area (Å²) in [6.07, 6.45) is 4.27. The van der Waals surface area contributed by atoms with Gasteiger partial charge in [-0.3, -0.25) is 14.3 Å². The Morgan fingerprint density at radius 3 is 2.73 bits per heavy atom. The summed E-state index contributed by atoms with van der Waals surface area (Å²) in [5.74, 6) is -0.00534. The predicted octanol–water partition coefficient (Wildman–Crippen LogP) is 5.85. The van der Waals surface area contributed by atoms with Crippen LogP contribution < -0.4 is 10.3 Å². The van der Waals surface area contributed by atoms with E-state index in [2.05, 4.69) is 4.98 Å². The van der Waals surface area contributed by atoms with Gasteiger partial charge in [-0.2, -0.15) is 0 Å². The molecule has 0 saturated carbocycles. The number of hydrogen-bond acceptors (Lipinski definition) is 6. The first-order chi connectivity index (χ1) is 17.7. The van der Waals surface area contributed by atoms with Crippen molar-refractivity contribution in [1.82, 2.24) is 14.5 Å². The lowest BCUT2D eigenvalue weighted by Gasteiger charge is -2.26. The Kier molecular flexibility index (Phi) is 6.72. The van der Waals surface area contributed by atoms with E-state index in [4.69, 9.17) is 9.47 Å². The molecule has 1 aliphatic heterocycles. The molecule has 5 rings (SSSR count). The summed E-state index contributed by atoms with van der Waals surface area (Å²) in [6.45, 7) is 6.86. The van der Waals surface area contributed by atoms with Gasteiger partial charge < -0.3 is 14.4 Å². The van der Waals surface area contributed by atoms with Crippen LogP contribution in [-0.2, 0) is 24.3 Å². The minimum absolute atomic E-state index is 0.130. The molecule has 4 aromatic rings. The first-order valence-electron chi connectivity index (χ1n) is 12.1. The Bertz CT molecular complexity index is 1500. The van der Waals surface area contributed by atoms with Crippen LogP contribution in [0.3, 0.4) is 0 Å². The third kappa shape index (κ3) is 5.67. The topological polar surface area (TPSA) is 73.7 Å². The molecule has 3 aromatic heterocycles. The molecule has 0 aliphatic carbocycles. The van der Waals surface area contributed by atoms with Gasteiger partial charge in [0.2, 0.25) is 0 Å². The first-order valence-corrected chi connectivity index (χ1v) is 13.0. The molecule has 0 unspecified atom stereocenters. The standard InChI is InChI=1S/C28H28FN3O4S/c1-28(2,3)36-27(34)31-11-4-5-24-23(16-31)22-13-20(8-9-25(22)37-24)32-12-10-21(14-26(32)33)35-17-19-7-6-18(29)15-30-19/h6-10,12-15H,4-5,11,16-17H2,1-3H3. The molecule has 0 radical (unpaired) electrons. The summed E-state index contributed by atoms with van der Waals surface area (Å²) in [4.78, 5) is 32.7. The van der Waals surface area contributed by atoms with E-state index in [0.29, 0.717) is 24.5 Å². The third-order valence-electron chi connectivity index (χ3n) is 6.04. The number of hydrogen-bond donors (Lipinski definition) is 0. The quantitative estimate of drug-likeness (QED) is 0.337. The number of carbonyl (C=O) groups is 1. The van der Waals surface area contributed by atoms with Crippen molar-refractivity contribution in [2.75, 3.05) is 6.54 Å². The summed E-state index contributed by atoms with van der Waals surface area (Å²) in [5, 5.41) is 1.04. The maximum Gasteiger partial charge on any atom is 0.410 e. The molecule has 1 amide bonds. The van der Waals surface area contributed by atoms with E-state index in [1.807, 2.05) is 39.0 Å². The van der Waals surface area contributed by atoms with Crippen molar-refractivity contribution in [1.29, 1.82) is 0 Å². The average molecular weight is 522 g/mol. The van der Waals surface area contributed by atoms with Gasteiger partial charge in [0.15, 0.2) is 0 Å². The molecule has 0 spiro atoms. The molecule has 0 atom stereocenters. The molecule has 0 N–H and O–H groups in total. The van der Waals surface area contributed by atoms with Crippen LogP contribution in [0.5, 0.6) is 5.75 Å². The molecule has 0 fully saturated rings. The van der Waals surface area contributed by atoms with E-state index in [0.717, 1.165) is 40.4 Å². The van der Waals surface area contributed by atoms with Gasteiger partial charge in [-0.25, -0.2) is 9.18 Å². The van der Waals surface area contributed by atoms with Gasteiger partial charge in [-0.15, -0.1) is 11.3 Å². The van der Waals surface area contributed by atoms with Gasteiger partial charge >= 0.3 is 6.09 Å². The molecule has 0 bridgehead atoms. The number of pyridine rings is 2. The van der Waals surface area contributed by atoms with Crippen LogP contribution in [0.4, 0.5) is 9.18 Å². The molecule has 37 heavy (non-hydrogen) atoms. The van der Waals surface area contributed by atoms with Crippen molar-refractivity contribution >= 4 is 27.5 Å². The molecular weight excluding hydrogens is 493 g/mol. The van der Waals surface area contributed by atoms with Crippen LogP contribution >= 0.6 is 11.3 Å². The van der Waals surface area contributed by atoms with Crippen molar-refractivity contribution in [2.24, 2.45) is 0 Å². The van der Waals surface area contributed by atoms with Crippen molar-refractivity contribution in [3.8, 4) is 11.4 Å². The van der Waals surface area contributed by atoms with Crippen LogP contribution in [0.1, 0.15) is 43.3 Å². The molecule has 0 saturated heterocycles. The molecule has 7 nitrogen and oxygen atoms in total. The molecule has 9 heteroatoms. The highest BCUT2D eigenvalue weighted by molar-refractivity contribution is 7.19. The molecule has 1 aromatic carbocycles. The highest BCUT2D eigenvalue weighted by atomic mass is 32.1. The fourth-order valence-electron chi connectivity index (χ4n) is 4.31. The van der Waals surface area contributed by atoms with E-state index in [-0.39, 0.29) is 18.3 Å². The van der Waals surface area contributed by atoms with Crippen molar-refractivity contribution in [3.63, 3.8) is 0 Å². The van der Waals surface area contributed by atoms with Crippen molar-refractivity contribution < 1.29 is 18.7 Å². The normalized spacial score (nSPS) is 13.8. The predicted molar refractivity (Wildman–Crippen MR) is 141 cm³/mol. The minimum Gasteiger partial charge on any atom is -0.487 e.